The highest BCUT2D eigenvalue weighted by atomic mass is 35.5. The minimum absolute atomic E-state index is 0.0171. The maximum Gasteiger partial charge on any atom is 0.219 e. The Morgan fingerprint density at radius 1 is 1.50 bits per heavy atom. The number of ether oxygens (including phenoxy) is 1. The SMILES string of the molecule is O=C1c2cccn2C2=C(C=CCC2)OC1CCCl. The number of aromatic nitrogens is 1. The van der Waals surface area contributed by atoms with Crippen molar-refractivity contribution in [2.75, 3.05) is 5.88 Å². The summed E-state index contributed by atoms with van der Waals surface area (Å²) in [5.74, 6) is 1.24. The van der Waals surface area contributed by atoms with Gasteiger partial charge in [-0.05, 0) is 31.1 Å². The summed E-state index contributed by atoms with van der Waals surface area (Å²) in [5.41, 5.74) is 1.77. The van der Waals surface area contributed by atoms with Crippen LogP contribution in [-0.2, 0) is 4.74 Å². The molecule has 0 N–H and O–H groups in total. The number of nitrogens with zero attached hydrogens (tertiary/aromatic N) is 1. The molecule has 1 unspecified atom stereocenters. The summed E-state index contributed by atoms with van der Waals surface area (Å²) in [6.07, 6.45) is 7.91. The van der Waals surface area contributed by atoms with Crippen molar-refractivity contribution in [1.82, 2.24) is 4.57 Å². The van der Waals surface area contributed by atoms with Crippen LogP contribution < -0.4 is 0 Å². The molecule has 0 saturated carbocycles. The summed E-state index contributed by atoms with van der Waals surface area (Å²) in [7, 11) is 0. The lowest BCUT2D eigenvalue weighted by molar-refractivity contribution is 0.0665. The number of carbonyl (C=O) groups excluding carboxylic acids is 1. The Kier molecular flexibility index (Phi) is 3.00. The fraction of sp³-hybridized carbons (Fsp3) is 0.357. The van der Waals surface area contributed by atoms with E-state index in [0.717, 1.165) is 24.3 Å². The van der Waals surface area contributed by atoms with Crippen molar-refractivity contribution in [3.05, 3.63) is 41.9 Å². The van der Waals surface area contributed by atoms with Crippen LogP contribution in [0.5, 0.6) is 0 Å². The predicted molar refractivity (Wildman–Crippen MR) is 70.6 cm³/mol. The number of halogens is 1. The van der Waals surface area contributed by atoms with Gasteiger partial charge in [-0.25, -0.2) is 0 Å². The standard InChI is InChI=1S/C14H14ClNO2/c15-8-7-13-14(17)11-5-3-9-16(11)10-4-1-2-6-12(10)18-13/h2-3,5-6,9,13H,1,4,7-8H2. The summed E-state index contributed by atoms with van der Waals surface area (Å²) in [6, 6.07) is 3.75. The van der Waals surface area contributed by atoms with Crippen molar-refractivity contribution >= 4 is 23.1 Å². The summed E-state index contributed by atoms with van der Waals surface area (Å²) in [6.45, 7) is 0. The maximum atomic E-state index is 12.4. The van der Waals surface area contributed by atoms with E-state index < -0.39 is 6.10 Å². The third-order valence-electron chi connectivity index (χ3n) is 3.33. The summed E-state index contributed by atoms with van der Waals surface area (Å²) < 4.78 is 7.80. The van der Waals surface area contributed by atoms with Gasteiger partial charge in [-0.3, -0.25) is 4.79 Å². The van der Waals surface area contributed by atoms with Gasteiger partial charge in [0, 0.05) is 18.5 Å². The lowest BCUT2D eigenvalue weighted by Gasteiger charge is -2.18. The molecule has 0 aromatic carbocycles. The molecule has 94 valence electrons. The van der Waals surface area contributed by atoms with E-state index in [1.54, 1.807) is 0 Å². The molecule has 18 heavy (non-hydrogen) atoms. The normalized spacial score (nSPS) is 22.3. The van der Waals surface area contributed by atoms with E-state index in [1.807, 2.05) is 29.0 Å². The van der Waals surface area contributed by atoms with E-state index in [2.05, 4.69) is 6.08 Å². The van der Waals surface area contributed by atoms with E-state index in [0.29, 0.717) is 18.0 Å². The number of hydrogen-bond donors (Lipinski definition) is 0. The molecule has 3 nitrogen and oxygen atoms in total. The minimum atomic E-state index is -0.466. The molecule has 3 rings (SSSR count). The first-order valence-corrected chi connectivity index (χ1v) is 6.69. The van der Waals surface area contributed by atoms with E-state index in [1.165, 1.54) is 0 Å². The molecule has 0 spiro atoms. The Hall–Kier alpha value is -1.48. The molecule has 1 aliphatic carbocycles. The zero-order valence-corrected chi connectivity index (χ0v) is 10.7. The smallest absolute Gasteiger partial charge is 0.219 e. The molecule has 1 aromatic heterocycles. The molecule has 4 heteroatoms. The van der Waals surface area contributed by atoms with Crippen molar-refractivity contribution in [2.45, 2.75) is 25.4 Å². The first-order valence-electron chi connectivity index (χ1n) is 6.15. The topological polar surface area (TPSA) is 31.2 Å². The maximum absolute atomic E-state index is 12.4. The van der Waals surface area contributed by atoms with Crippen LogP contribution in [0.4, 0.5) is 0 Å². The first kappa shape index (κ1) is 11.6. The highest BCUT2D eigenvalue weighted by Gasteiger charge is 2.30. The fourth-order valence-corrected chi connectivity index (χ4v) is 2.65. The number of ketones is 1. The van der Waals surface area contributed by atoms with Gasteiger partial charge in [0.25, 0.3) is 0 Å². The Morgan fingerprint density at radius 2 is 2.39 bits per heavy atom. The zero-order valence-electron chi connectivity index (χ0n) is 9.93. The van der Waals surface area contributed by atoms with Crippen molar-refractivity contribution in [3.63, 3.8) is 0 Å². The van der Waals surface area contributed by atoms with Crippen LogP contribution in [0, 0.1) is 0 Å². The van der Waals surface area contributed by atoms with Crippen LogP contribution in [0.2, 0.25) is 0 Å². The minimum Gasteiger partial charge on any atom is -0.480 e. The van der Waals surface area contributed by atoms with Gasteiger partial charge < -0.3 is 9.30 Å². The second-order valence-electron chi connectivity index (χ2n) is 4.46. The van der Waals surface area contributed by atoms with Gasteiger partial charge in [0.2, 0.25) is 5.78 Å². The molecule has 1 aromatic rings. The van der Waals surface area contributed by atoms with Crippen molar-refractivity contribution in [3.8, 4) is 0 Å². The van der Waals surface area contributed by atoms with Crippen molar-refractivity contribution in [2.24, 2.45) is 0 Å². The molecule has 0 fully saturated rings. The molecule has 0 bridgehead atoms. The van der Waals surface area contributed by atoms with Crippen LogP contribution in [0.1, 0.15) is 29.8 Å². The quantitative estimate of drug-likeness (QED) is 0.767. The summed E-state index contributed by atoms with van der Waals surface area (Å²) >= 11 is 5.76. The third-order valence-corrected chi connectivity index (χ3v) is 3.54. The number of fused-ring (bicyclic) bond motifs is 2. The number of allylic oxidation sites excluding steroid dienone is 3. The summed E-state index contributed by atoms with van der Waals surface area (Å²) in [4.78, 5) is 12.4. The Morgan fingerprint density at radius 3 is 3.22 bits per heavy atom. The first-order chi connectivity index (χ1) is 8.81. The number of hydrogen-bond acceptors (Lipinski definition) is 2. The van der Waals surface area contributed by atoms with Gasteiger partial charge in [0.1, 0.15) is 5.76 Å². The third kappa shape index (κ3) is 1.79. The Labute approximate surface area is 111 Å². The van der Waals surface area contributed by atoms with E-state index in [-0.39, 0.29) is 5.78 Å². The molecule has 1 aliphatic heterocycles. The van der Waals surface area contributed by atoms with Crippen molar-refractivity contribution < 1.29 is 9.53 Å². The van der Waals surface area contributed by atoms with E-state index in [9.17, 15) is 4.79 Å². The number of Topliss-reactive ketones (excluding diaryl/α,β-unsaturated/α-hetero) is 1. The van der Waals surface area contributed by atoms with Gasteiger partial charge in [-0.1, -0.05) is 6.08 Å². The van der Waals surface area contributed by atoms with Gasteiger partial charge in [0.15, 0.2) is 6.10 Å². The molecule has 2 aliphatic rings. The average Bonchev–Trinajstić information content (AvgIpc) is 2.83. The predicted octanol–water partition coefficient (Wildman–Crippen LogP) is 3.22. The lowest BCUT2D eigenvalue weighted by atomic mass is 10.1. The number of alkyl halides is 1. The number of carbonyl (C=O) groups is 1. The summed E-state index contributed by atoms with van der Waals surface area (Å²) in [5, 5.41) is 0. The average molecular weight is 264 g/mol. The largest absolute Gasteiger partial charge is 0.480 e. The fourth-order valence-electron chi connectivity index (χ4n) is 2.45. The van der Waals surface area contributed by atoms with Crippen molar-refractivity contribution in [1.29, 1.82) is 0 Å². The molecule has 0 saturated heterocycles. The van der Waals surface area contributed by atoms with Crippen LogP contribution >= 0.6 is 11.6 Å². The Bertz CT molecular complexity index is 542. The Balaban J connectivity index is 2.10. The van der Waals surface area contributed by atoms with Gasteiger partial charge in [-0.2, -0.15) is 0 Å². The molecule has 1 atom stereocenters. The molecular weight excluding hydrogens is 250 g/mol. The molecule has 0 amide bonds. The molecular formula is C14H14ClNO2. The van der Waals surface area contributed by atoms with Gasteiger partial charge in [0.05, 0.1) is 11.4 Å². The molecule has 0 radical (unpaired) electrons. The monoisotopic (exact) mass is 263 g/mol. The second kappa shape index (κ2) is 4.65. The van der Waals surface area contributed by atoms with E-state index >= 15 is 0 Å². The van der Waals surface area contributed by atoms with Crippen LogP contribution in [0.15, 0.2) is 36.2 Å². The lowest BCUT2D eigenvalue weighted by Crippen LogP contribution is -2.24. The van der Waals surface area contributed by atoms with Crippen LogP contribution in [0.3, 0.4) is 0 Å². The molecule has 2 heterocycles. The van der Waals surface area contributed by atoms with Gasteiger partial charge >= 0.3 is 0 Å². The van der Waals surface area contributed by atoms with Gasteiger partial charge in [-0.15, -0.1) is 11.6 Å². The van der Waals surface area contributed by atoms with Crippen LogP contribution in [-0.4, -0.2) is 22.3 Å². The zero-order chi connectivity index (χ0) is 12.5. The second-order valence-corrected chi connectivity index (χ2v) is 4.84. The van der Waals surface area contributed by atoms with E-state index in [4.69, 9.17) is 16.3 Å². The number of rotatable bonds is 2. The highest BCUT2D eigenvalue weighted by Crippen LogP contribution is 2.31. The highest BCUT2D eigenvalue weighted by molar-refractivity contribution is 6.18. The van der Waals surface area contributed by atoms with Crippen LogP contribution in [0.25, 0.3) is 5.70 Å².